The topological polar surface area (TPSA) is 88.3 Å². The highest BCUT2D eigenvalue weighted by Crippen LogP contribution is 2.23. The lowest BCUT2D eigenvalue weighted by Crippen LogP contribution is -2.30. The van der Waals surface area contributed by atoms with Crippen LogP contribution in [-0.2, 0) is 29.1 Å². The van der Waals surface area contributed by atoms with E-state index in [4.69, 9.17) is 4.42 Å². The van der Waals surface area contributed by atoms with Gasteiger partial charge in [0.15, 0.2) is 0 Å². The zero-order chi connectivity index (χ0) is 26.6. The highest BCUT2D eigenvalue weighted by molar-refractivity contribution is 6.36. The van der Waals surface area contributed by atoms with E-state index in [1.54, 1.807) is 0 Å². The number of anilines is 1. The predicted molar refractivity (Wildman–Crippen MR) is 148 cm³/mol. The third kappa shape index (κ3) is 8.13. The molecule has 1 amide bonds. The molecule has 0 saturated heterocycles. The molecular formula is C31H34N4O3. The predicted octanol–water partition coefficient (Wildman–Crippen LogP) is 5.75. The van der Waals surface area contributed by atoms with Gasteiger partial charge in [-0.15, -0.1) is 10.2 Å². The minimum Gasteiger partial charge on any atom is -0.419 e. The van der Waals surface area contributed by atoms with E-state index in [1.165, 1.54) is 11.1 Å². The maximum Gasteiger partial charge on any atom is 0.287 e. The highest BCUT2D eigenvalue weighted by Gasteiger charge is 2.15. The van der Waals surface area contributed by atoms with Crippen molar-refractivity contribution in [3.05, 3.63) is 102 Å². The van der Waals surface area contributed by atoms with Crippen molar-refractivity contribution in [2.24, 2.45) is 0 Å². The van der Waals surface area contributed by atoms with Crippen LogP contribution in [0, 0.1) is 0 Å². The third-order valence-electron chi connectivity index (χ3n) is 6.40. The highest BCUT2D eigenvalue weighted by atomic mass is 16.4. The van der Waals surface area contributed by atoms with Gasteiger partial charge in [0, 0.05) is 31.3 Å². The summed E-state index contributed by atoms with van der Waals surface area (Å²) in [5.74, 6) is -0.400. The summed E-state index contributed by atoms with van der Waals surface area (Å²) >= 11 is 0. The molecule has 196 valence electrons. The number of amides is 1. The van der Waals surface area contributed by atoms with Crippen LogP contribution in [0.3, 0.4) is 0 Å². The second kappa shape index (κ2) is 13.9. The van der Waals surface area contributed by atoms with Crippen LogP contribution in [0.15, 0.2) is 89.3 Å². The van der Waals surface area contributed by atoms with Crippen LogP contribution < -0.4 is 10.2 Å². The van der Waals surface area contributed by atoms with Gasteiger partial charge in [-0.1, -0.05) is 73.5 Å². The first-order chi connectivity index (χ1) is 18.6. The number of aryl methyl sites for hydroxylation is 1. The van der Waals surface area contributed by atoms with Gasteiger partial charge in [-0.2, -0.15) is 0 Å². The number of aromatic nitrogens is 2. The van der Waals surface area contributed by atoms with Crippen molar-refractivity contribution in [3.8, 4) is 11.5 Å². The van der Waals surface area contributed by atoms with E-state index in [1.807, 2.05) is 67.7 Å². The summed E-state index contributed by atoms with van der Waals surface area (Å²) in [7, 11) is 2.04. The molecule has 3 aromatic carbocycles. The van der Waals surface area contributed by atoms with Gasteiger partial charge in [0.25, 0.3) is 5.91 Å². The Balaban J connectivity index is 1.16. The fraction of sp³-hybridized carbons (Fsp3) is 0.290. The van der Waals surface area contributed by atoms with E-state index in [2.05, 4.69) is 44.7 Å². The molecule has 0 saturated carbocycles. The van der Waals surface area contributed by atoms with E-state index < -0.39 is 11.7 Å². The molecule has 0 spiro atoms. The number of hydrogen-bond acceptors (Lipinski definition) is 6. The molecule has 4 rings (SSSR count). The lowest BCUT2D eigenvalue weighted by Gasteiger charge is -2.19. The number of Topliss-reactive ketones (excluding diaryl/α,β-unsaturated/α-hetero) is 1. The summed E-state index contributed by atoms with van der Waals surface area (Å²) in [5.41, 5.74) is 4.42. The summed E-state index contributed by atoms with van der Waals surface area (Å²) in [5, 5.41) is 10.7. The molecule has 0 radical (unpaired) electrons. The fourth-order valence-electron chi connectivity index (χ4n) is 4.23. The number of rotatable bonds is 14. The van der Waals surface area contributed by atoms with Crippen molar-refractivity contribution in [2.75, 3.05) is 11.9 Å². The number of hydrogen-bond donors (Lipinski definition) is 1. The molecule has 1 aromatic heterocycles. The number of benzene rings is 3. The van der Waals surface area contributed by atoms with Gasteiger partial charge >= 0.3 is 0 Å². The summed E-state index contributed by atoms with van der Waals surface area (Å²) in [6.45, 7) is 0.824. The summed E-state index contributed by atoms with van der Waals surface area (Å²) in [6.07, 6.45) is 5.05. The molecule has 7 heteroatoms. The Labute approximate surface area is 223 Å². The smallest absolute Gasteiger partial charge is 0.287 e. The minimum atomic E-state index is -0.611. The standard InChI is InChI=1S/C31H34N4O3/c1-35(23-25-15-9-5-10-16-25)27-20-18-26(19-21-27)31-34-33-29(38-31)22-32-30(37)28(36)17-11-3-2-6-12-24-13-7-4-8-14-24/h4-5,7-10,13-16,18-21H,2-3,6,11-12,17,22-23H2,1H3,(H,32,37). The molecule has 0 unspecified atom stereocenters. The first kappa shape index (κ1) is 26.8. The number of nitrogens with zero attached hydrogens (tertiary/aromatic N) is 3. The average Bonchev–Trinajstić information content (AvgIpc) is 3.44. The average molecular weight is 511 g/mol. The summed E-state index contributed by atoms with van der Waals surface area (Å²) in [6, 6.07) is 28.5. The van der Waals surface area contributed by atoms with Crippen molar-refractivity contribution < 1.29 is 14.0 Å². The van der Waals surface area contributed by atoms with Crippen molar-refractivity contribution in [1.82, 2.24) is 15.5 Å². The maximum absolute atomic E-state index is 12.2. The molecule has 0 fully saturated rings. The van der Waals surface area contributed by atoms with Crippen molar-refractivity contribution in [2.45, 2.75) is 51.6 Å². The maximum atomic E-state index is 12.2. The lowest BCUT2D eigenvalue weighted by molar-refractivity contribution is -0.138. The van der Waals surface area contributed by atoms with E-state index in [-0.39, 0.29) is 18.9 Å². The Morgan fingerprint density at radius 3 is 2.16 bits per heavy atom. The van der Waals surface area contributed by atoms with Crippen molar-refractivity contribution >= 4 is 17.4 Å². The van der Waals surface area contributed by atoms with Gasteiger partial charge in [0.1, 0.15) is 0 Å². The molecule has 7 nitrogen and oxygen atoms in total. The SMILES string of the molecule is CN(Cc1ccccc1)c1ccc(-c2nnc(CNC(=O)C(=O)CCCCCCc3ccccc3)o2)cc1. The normalized spacial score (nSPS) is 10.8. The van der Waals surface area contributed by atoms with Gasteiger partial charge in [0.05, 0.1) is 6.54 Å². The van der Waals surface area contributed by atoms with Gasteiger partial charge in [-0.3, -0.25) is 9.59 Å². The van der Waals surface area contributed by atoms with E-state index >= 15 is 0 Å². The van der Waals surface area contributed by atoms with Crippen LogP contribution >= 0.6 is 0 Å². The number of ketones is 1. The van der Waals surface area contributed by atoms with Crippen molar-refractivity contribution in [1.29, 1.82) is 0 Å². The van der Waals surface area contributed by atoms with Crippen LogP contribution in [0.25, 0.3) is 11.5 Å². The second-order valence-corrected chi connectivity index (χ2v) is 9.40. The number of unbranched alkanes of at least 4 members (excludes halogenated alkanes) is 3. The lowest BCUT2D eigenvalue weighted by atomic mass is 10.0. The molecule has 0 atom stereocenters. The first-order valence-corrected chi connectivity index (χ1v) is 13.1. The van der Waals surface area contributed by atoms with Gasteiger partial charge in [0.2, 0.25) is 17.6 Å². The van der Waals surface area contributed by atoms with Crippen LogP contribution in [0.2, 0.25) is 0 Å². The van der Waals surface area contributed by atoms with Crippen LogP contribution in [0.5, 0.6) is 0 Å². The van der Waals surface area contributed by atoms with Crippen LogP contribution in [-0.4, -0.2) is 28.9 Å². The Morgan fingerprint density at radius 2 is 1.45 bits per heavy atom. The fourth-order valence-corrected chi connectivity index (χ4v) is 4.23. The quantitative estimate of drug-likeness (QED) is 0.172. The van der Waals surface area contributed by atoms with Gasteiger partial charge in [-0.25, -0.2) is 0 Å². The zero-order valence-corrected chi connectivity index (χ0v) is 21.8. The number of carbonyl (C=O) groups is 2. The summed E-state index contributed by atoms with van der Waals surface area (Å²) < 4.78 is 5.70. The minimum absolute atomic E-state index is 0.0204. The zero-order valence-electron chi connectivity index (χ0n) is 21.8. The van der Waals surface area contributed by atoms with E-state index in [0.717, 1.165) is 43.5 Å². The van der Waals surface area contributed by atoms with Crippen LogP contribution in [0.1, 0.15) is 49.1 Å². The van der Waals surface area contributed by atoms with Crippen LogP contribution in [0.4, 0.5) is 5.69 Å². The molecule has 0 bridgehead atoms. The molecule has 1 heterocycles. The molecule has 1 N–H and O–H groups in total. The van der Waals surface area contributed by atoms with Gasteiger partial charge < -0.3 is 14.6 Å². The van der Waals surface area contributed by atoms with Crippen molar-refractivity contribution in [3.63, 3.8) is 0 Å². The largest absolute Gasteiger partial charge is 0.419 e. The Kier molecular flexibility index (Phi) is 9.79. The molecular weight excluding hydrogens is 476 g/mol. The molecule has 4 aromatic rings. The number of nitrogens with one attached hydrogen (secondary N) is 1. The second-order valence-electron chi connectivity index (χ2n) is 9.40. The Hall–Kier alpha value is -4.26. The molecule has 0 aliphatic heterocycles. The third-order valence-corrected chi connectivity index (χ3v) is 6.40. The monoisotopic (exact) mass is 510 g/mol. The Bertz CT molecular complexity index is 1290. The molecule has 0 aliphatic rings. The van der Waals surface area contributed by atoms with E-state index in [9.17, 15) is 9.59 Å². The summed E-state index contributed by atoms with van der Waals surface area (Å²) in [4.78, 5) is 26.5. The Morgan fingerprint density at radius 1 is 0.789 bits per heavy atom. The molecule has 38 heavy (non-hydrogen) atoms. The van der Waals surface area contributed by atoms with Gasteiger partial charge in [-0.05, 0) is 54.7 Å². The first-order valence-electron chi connectivity index (χ1n) is 13.1. The molecule has 0 aliphatic carbocycles. The number of carbonyl (C=O) groups excluding carboxylic acids is 2. The van der Waals surface area contributed by atoms with E-state index in [0.29, 0.717) is 12.3 Å².